The summed E-state index contributed by atoms with van der Waals surface area (Å²) >= 11 is 0. The zero-order valence-electron chi connectivity index (χ0n) is 18.4. The number of para-hydroxylation sites is 1. The van der Waals surface area contributed by atoms with Crippen LogP contribution in [0.15, 0.2) is 60.0 Å². The van der Waals surface area contributed by atoms with Gasteiger partial charge in [0.2, 0.25) is 0 Å². The number of nitrogens with zero attached hydrogens (tertiary/aromatic N) is 6. The first-order chi connectivity index (χ1) is 16.1. The average molecular weight is 444 g/mol. The fourth-order valence-electron chi connectivity index (χ4n) is 3.83. The molecule has 2 aromatic carbocycles. The van der Waals surface area contributed by atoms with Crippen molar-refractivity contribution in [3.05, 3.63) is 83.3 Å². The van der Waals surface area contributed by atoms with Crippen molar-refractivity contribution in [2.24, 2.45) is 5.16 Å². The zero-order chi connectivity index (χ0) is 22.9. The quantitative estimate of drug-likeness (QED) is 0.287. The number of oxime groups is 1. The summed E-state index contributed by atoms with van der Waals surface area (Å²) < 4.78 is 22.3. The van der Waals surface area contributed by atoms with E-state index < -0.39 is 0 Å². The van der Waals surface area contributed by atoms with Crippen LogP contribution in [0.5, 0.6) is 5.75 Å². The number of fused-ring (bicyclic) bond motifs is 3. The minimum atomic E-state index is -0.282. The topological polar surface area (TPSA) is 78.8 Å². The molecule has 3 aromatic heterocycles. The van der Waals surface area contributed by atoms with Gasteiger partial charge in [0.25, 0.3) is 0 Å². The molecule has 0 aliphatic rings. The van der Waals surface area contributed by atoms with Crippen molar-refractivity contribution in [2.45, 2.75) is 20.5 Å². The number of rotatable bonds is 6. The van der Waals surface area contributed by atoms with Gasteiger partial charge in [-0.15, -0.1) is 5.10 Å². The fourth-order valence-corrected chi connectivity index (χ4v) is 3.83. The van der Waals surface area contributed by atoms with E-state index in [9.17, 15) is 4.39 Å². The van der Waals surface area contributed by atoms with Gasteiger partial charge in [0.1, 0.15) is 17.9 Å². The molecule has 0 N–H and O–H groups in total. The highest BCUT2D eigenvalue weighted by Gasteiger charge is 2.19. The van der Waals surface area contributed by atoms with Crippen molar-refractivity contribution in [1.82, 2.24) is 24.1 Å². The predicted octanol–water partition coefficient (Wildman–Crippen LogP) is 4.38. The Morgan fingerprint density at radius 3 is 2.64 bits per heavy atom. The van der Waals surface area contributed by atoms with E-state index in [1.165, 1.54) is 12.1 Å². The normalized spacial score (nSPS) is 11.6. The highest BCUT2D eigenvalue weighted by atomic mass is 19.1. The third kappa shape index (κ3) is 3.67. The average Bonchev–Trinajstić information content (AvgIpc) is 3.36. The van der Waals surface area contributed by atoms with Crippen molar-refractivity contribution < 1.29 is 14.0 Å². The lowest BCUT2D eigenvalue weighted by atomic mass is 10.2. The van der Waals surface area contributed by atoms with Crippen LogP contribution in [0.1, 0.15) is 22.6 Å². The number of benzene rings is 2. The van der Waals surface area contributed by atoms with Crippen molar-refractivity contribution in [3.63, 3.8) is 0 Å². The summed E-state index contributed by atoms with van der Waals surface area (Å²) in [6.45, 7) is 4.12. The van der Waals surface area contributed by atoms with Gasteiger partial charge in [-0.2, -0.15) is 0 Å². The molecule has 0 bridgehead atoms. The van der Waals surface area contributed by atoms with E-state index in [0.717, 1.165) is 33.5 Å². The Labute approximate surface area is 188 Å². The Hall–Kier alpha value is -4.27. The Morgan fingerprint density at radius 1 is 1.06 bits per heavy atom. The van der Waals surface area contributed by atoms with Gasteiger partial charge in [-0.1, -0.05) is 17.3 Å². The van der Waals surface area contributed by atoms with Crippen LogP contribution in [-0.2, 0) is 11.4 Å². The summed E-state index contributed by atoms with van der Waals surface area (Å²) in [7, 11) is 1.61. The van der Waals surface area contributed by atoms with Crippen LogP contribution >= 0.6 is 0 Å². The Balaban J connectivity index is 1.46. The Bertz CT molecular complexity index is 1490. The molecule has 5 aromatic rings. The zero-order valence-corrected chi connectivity index (χ0v) is 18.4. The highest BCUT2D eigenvalue weighted by Crippen LogP contribution is 2.29. The number of aromatic nitrogens is 5. The molecule has 5 rings (SSSR count). The van der Waals surface area contributed by atoms with Gasteiger partial charge >= 0.3 is 0 Å². The standard InChI is InChI=1S/C24H21FN6O2/c1-15-16(2)31(19-10-8-18(25)9-11-19)23-22(15)24-28-21(29-30(24)14-26-23)13-33-27-12-17-6-4-5-7-20(17)32-3/h4-12,14H,13H2,1-3H3. The molecule has 8 nitrogen and oxygen atoms in total. The molecule has 0 radical (unpaired) electrons. The summed E-state index contributed by atoms with van der Waals surface area (Å²) in [5.41, 5.74) is 5.08. The maximum Gasteiger partial charge on any atom is 0.192 e. The van der Waals surface area contributed by atoms with Crippen molar-refractivity contribution >= 4 is 22.9 Å². The van der Waals surface area contributed by atoms with E-state index in [1.807, 2.05) is 42.7 Å². The highest BCUT2D eigenvalue weighted by molar-refractivity contribution is 5.95. The number of ether oxygens (including phenoxy) is 1. The van der Waals surface area contributed by atoms with E-state index in [0.29, 0.717) is 17.2 Å². The summed E-state index contributed by atoms with van der Waals surface area (Å²) in [6, 6.07) is 13.9. The lowest BCUT2D eigenvalue weighted by Crippen LogP contribution is -1.99. The monoisotopic (exact) mass is 444 g/mol. The number of aryl methyl sites for hydroxylation is 1. The molecule has 0 saturated heterocycles. The van der Waals surface area contributed by atoms with Crippen molar-refractivity contribution in [3.8, 4) is 11.4 Å². The van der Waals surface area contributed by atoms with E-state index in [-0.39, 0.29) is 12.4 Å². The molecular weight excluding hydrogens is 423 g/mol. The molecule has 3 heterocycles. The maximum atomic E-state index is 13.4. The molecule has 0 aliphatic carbocycles. The SMILES string of the molecule is COc1ccccc1C=NOCc1nc2c3c(C)c(C)n(-c4ccc(F)cc4)c3ncn2n1. The molecule has 0 fully saturated rings. The van der Waals surface area contributed by atoms with Gasteiger partial charge in [0, 0.05) is 16.9 Å². The minimum absolute atomic E-state index is 0.103. The van der Waals surface area contributed by atoms with Crippen LogP contribution in [0.3, 0.4) is 0 Å². The van der Waals surface area contributed by atoms with Crippen LogP contribution in [0.4, 0.5) is 4.39 Å². The van der Waals surface area contributed by atoms with Crippen LogP contribution in [-0.4, -0.2) is 37.5 Å². The molecule has 0 spiro atoms. The maximum absolute atomic E-state index is 13.4. The Morgan fingerprint density at radius 2 is 1.85 bits per heavy atom. The van der Waals surface area contributed by atoms with Gasteiger partial charge in [0.15, 0.2) is 23.7 Å². The first-order valence-electron chi connectivity index (χ1n) is 10.3. The van der Waals surface area contributed by atoms with Gasteiger partial charge in [-0.05, 0) is 55.8 Å². The molecule has 33 heavy (non-hydrogen) atoms. The van der Waals surface area contributed by atoms with Crippen LogP contribution < -0.4 is 4.74 Å². The number of hydrogen-bond acceptors (Lipinski definition) is 6. The lowest BCUT2D eigenvalue weighted by Gasteiger charge is -2.07. The predicted molar refractivity (Wildman–Crippen MR) is 122 cm³/mol. The number of halogens is 1. The summed E-state index contributed by atoms with van der Waals surface area (Å²) in [5, 5.41) is 9.37. The largest absolute Gasteiger partial charge is 0.496 e. The minimum Gasteiger partial charge on any atom is -0.496 e. The van der Waals surface area contributed by atoms with Crippen LogP contribution in [0.25, 0.3) is 22.4 Å². The van der Waals surface area contributed by atoms with Gasteiger partial charge in [0.05, 0.1) is 18.7 Å². The first kappa shape index (κ1) is 20.6. The lowest BCUT2D eigenvalue weighted by molar-refractivity contribution is 0.126. The van der Waals surface area contributed by atoms with Crippen LogP contribution in [0, 0.1) is 19.7 Å². The second-order valence-electron chi connectivity index (χ2n) is 7.51. The van der Waals surface area contributed by atoms with Gasteiger partial charge < -0.3 is 9.57 Å². The summed E-state index contributed by atoms with van der Waals surface area (Å²) in [4.78, 5) is 14.7. The molecular formula is C24H21FN6O2. The smallest absolute Gasteiger partial charge is 0.192 e. The molecule has 0 saturated carbocycles. The molecule has 0 unspecified atom stereocenters. The fraction of sp³-hybridized carbons (Fsp3) is 0.167. The molecule has 166 valence electrons. The van der Waals surface area contributed by atoms with E-state index in [4.69, 9.17) is 9.57 Å². The van der Waals surface area contributed by atoms with Gasteiger partial charge in [-0.25, -0.2) is 18.9 Å². The Kier molecular flexibility index (Phi) is 5.21. The second kappa shape index (κ2) is 8.34. The molecule has 0 atom stereocenters. The number of hydrogen-bond donors (Lipinski definition) is 0. The third-order valence-electron chi connectivity index (χ3n) is 5.56. The summed E-state index contributed by atoms with van der Waals surface area (Å²) in [6.07, 6.45) is 3.20. The summed E-state index contributed by atoms with van der Waals surface area (Å²) in [5.74, 6) is 0.907. The van der Waals surface area contributed by atoms with E-state index >= 15 is 0 Å². The number of methoxy groups -OCH3 is 1. The third-order valence-corrected chi connectivity index (χ3v) is 5.56. The van der Waals surface area contributed by atoms with Crippen molar-refractivity contribution in [2.75, 3.05) is 7.11 Å². The molecule has 0 amide bonds. The molecule has 0 aliphatic heterocycles. The van der Waals surface area contributed by atoms with Crippen molar-refractivity contribution in [1.29, 1.82) is 0 Å². The van der Waals surface area contributed by atoms with E-state index in [2.05, 4.69) is 20.2 Å². The molecule has 9 heteroatoms. The van der Waals surface area contributed by atoms with Gasteiger partial charge in [-0.3, -0.25) is 4.57 Å². The first-order valence-corrected chi connectivity index (χ1v) is 10.3. The van der Waals surface area contributed by atoms with Crippen LogP contribution in [0.2, 0.25) is 0 Å². The van der Waals surface area contributed by atoms with E-state index in [1.54, 1.807) is 36.3 Å². The second-order valence-corrected chi connectivity index (χ2v) is 7.51.